The molecule has 0 saturated carbocycles. The van der Waals surface area contributed by atoms with Crippen LogP contribution >= 0.6 is 11.3 Å². The summed E-state index contributed by atoms with van der Waals surface area (Å²) in [6.45, 7) is 8.46. The predicted molar refractivity (Wildman–Crippen MR) is 147 cm³/mol. The Bertz CT molecular complexity index is 1630. The van der Waals surface area contributed by atoms with E-state index in [2.05, 4.69) is 28.9 Å². The number of nitrogens with zero attached hydrogens (tertiary/aromatic N) is 3. The molecular formula is C28H28N4O2S2. The van der Waals surface area contributed by atoms with Gasteiger partial charge in [0.1, 0.15) is 9.90 Å². The molecule has 0 aliphatic carbocycles. The third-order valence-electron chi connectivity index (χ3n) is 5.84. The number of rotatable bonds is 6. The number of aryl methyl sites for hydroxylation is 1. The molecule has 3 aromatic carbocycles. The maximum absolute atomic E-state index is 13.5. The Hall–Kier alpha value is -3.49. The highest BCUT2D eigenvalue weighted by molar-refractivity contribution is 7.92. The van der Waals surface area contributed by atoms with Crippen LogP contribution in [0.1, 0.15) is 37.6 Å². The van der Waals surface area contributed by atoms with Gasteiger partial charge in [0, 0.05) is 22.9 Å². The molecule has 0 atom stereocenters. The highest BCUT2D eigenvalue weighted by atomic mass is 32.2. The molecule has 184 valence electrons. The van der Waals surface area contributed by atoms with E-state index in [9.17, 15) is 8.42 Å². The lowest BCUT2D eigenvalue weighted by Crippen LogP contribution is -2.20. The fourth-order valence-electron chi connectivity index (χ4n) is 4.02. The van der Waals surface area contributed by atoms with E-state index in [1.807, 2.05) is 69.3 Å². The van der Waals surface area contributed by atoms with Gasteiger partial charge in [0.25, 0.3) is 10.0 Å². The molecular weight excluding hydrogens is 488 g/mol. The van der Waals surface area contributed by atoms with Crippen molar-refractivity contribution in [3.05, 3.63) is 95.8 Å². The van der Waals surface area contributed by atoms with Crippen LogP contribution in [0.15, 0.2) is 83.9 Å². The number of benzene rings is 3. The van der Waals surface area contributed by atoms with Crippen molar-refractivity contribution in [3.63, 3.8) is 0 Å². The Balaban J connectivity index is 1.41. The molecule has 36 heavy (non-hydrogen) atoms. The highest BCUT2D eigenvalue weighted by Crippen LogP contribution is 2.33. The first-order chi connectivity index (χ1) is 17.1. The Labute approximate surface area is 215 Å². The number of aromatic nitrogens is 3. The number of fused-ring (bicyclic) bond motifs is 1. The Morgan fingerprint density at radius 1 is 0.972 bits per heavy atom. The number of anilines is 1. The minimum absolute atomic E-state index is 0.191. The van der Waals surface area contributed by atoms with Crippen molar-refractivity contribution in [1.29, 1.82) is 0 Å². The molecule has 0 spiro atoms. The largest absolute Gasteiger partial charge is 0.280 e. The third-order valence-corrected chi connectivity index (χ3v) is 8.29. The van der Waals surface area contributed by atoms with E-state index in [4.69, 9.17) is 4.98 Å². The normalized spacial score (nSPS) is 12.2. The van der Waals surface area contributed by atoms with Gasteiger partial charge >= 0.3 is 0 Å². The molecule has 2 aromatic heterocycles. The fraction of sp³-hybridized carbons (Fsp3) is 0.214. The molecule has 5 rings (SSSR count). The molecule has 0 aliphatic heterocycles. The summed E-state index contributed by atoms with van der Waals surface area (Å²) in [5.41, 5.74) is 4.75. The Morgan fingerprint density at radius 2 is 1.69 bits per heavy atom. The van der Waals surface area contributed by atoms with Crippen LogP contribution < -0.4 is 4.72 Å². The van der Waals surface area contributed by atoms with Crippen LogP contribution in [-0.2, 0) is 22.0 Å². The second kappa shape index (κ2) is 9.19. The van der Waals surface area contributed by atoms with Gasteiger partial charge in [-0.1, -0.05) is 57.2 Å². The smallest absolute Gasteiger partial charge is 0.265 e. The zero-order chi connectivity index (χ0) is 25.5. The van der Waals surface area contributed by atoms with Crippen molar-refractivity contribution < 1.29 is 8.42 Å². The first-order valence-corrected chi connectivity index (χ1v) is 14.0. The van der Waals surface area contributed by atoms with Crippen molar-refractivity contribution in [3.8, 4) is 10.6 Å². The lowest BCUT2D eigenvalue weighted by atomic mass is 9.92. The van der Waals surface area contributed by atoms with Crippen LogP contribution in [0.4, 0.5) is 5.69 Å². The van der Waals surface area contributed by atoms with Crippen molar-refractivity contribution in [2.45, 2.75) is 44.6 Å². The van der Waals surface area contributed by atoms with Crippen LogP contribution in [0.3, 0.4) is 0 Å². The second-order valence-electron chi connectivity index (χ2n) is 9.95. The maximum Gasteiger partial charge on any atom is 0.265 e. The summed E-state index contributed by atoms with van der Waals surface area (Å²) in [5.74, 6) is 0. The summed E-state index contributed by atoms with van der Waals surface area (Å²) in [7, 11) is -3.85. The number of hydrogen-bond donors (Lipinski definition) is 1. The van der Waals surface area contributed by atoms with Crippen LogP contribution in [0.25, 0.3) is 20.8 Å². The van der Waals surface area contributed by atoms with Gasteiger partial charge in [0.15, 0.2) is 0 Å². The average Bonchev–Trinajstić information content (AvgIpc) is 3.45. The molecule has 2 heterocycles. The molecule has 0 bridgehead atoms. The first kappa shape index (κ1) is 24.2. The monoisotopic (exact) mass is 516 g/mol. The summed E-state index contributed by atoms with van der Waals surface area (Å²) in [6.07, 6.45) is 1.62. The van der Waals surface area contributed by atoms with Crippen LogP contribution in [0.2, 0.25) is 0 Å². The molecule has 0 radical (unpaired) electrons. The molecule has 0 unspecified atom stereocenters. The zero-order valence-corrected chi connectivity index (χ0v) is 22.3. The topological polar surface area (TPSA) is 76.9 Å². The van der Waals surface area contributed by atoms with Gasteiger partial charge in [-0.05, 0) is 54.4 Å². The van der Waals surface area contributed by atoms with E-state index in [-0.39, 0.29) is 4.90 Å². The van der Waals surface area contributed by atoms with Gasteiger partial charge in [-0.3, -0.25) is 9.40 Å². The van der Waals surface area contributed by atoms with Crippen molar-refractivity contribution >= 4 is 37.3 Å². The van der Waals surface area contributed by atoms with E-state index in [0.717, 1.165) is 26.4 Å². The van der Waals surface area contributed by atoms with Gasteiger partial charge in [-0.2, -0.15) is 5.10 Å². The van der Waals surface area contributed by atoms with E-state index in [1.165, 1.54) is 5.56 Å². The molecule has 5 aromatic rings. The minimum Gasteiger partial charge on any atom is -0.280 e. The van der Waals surface area contributed by atoms with Crippen LogP contribution in [-0.4, -0.2) is 23.2 Å². The maximum atomic E-state index is 13.5. The summed E-state index contributed by atoms with van der Waals surface area (Å²) in [6, 6.07) is 23.4. The third kappa shape index (κ3) is 5.05. The quantitative estimate of drug-likeness (QED) is 0.275. The number of sulfonamides is 1. The lowest BCUT2D eigenvalue weighted by Gasteiger charge is -2.18. The fourth-order valence-corrected chi connectivity index (χ4v) is 6.50. The van der Waals surface area contributed by atoms with E-state index >= 15 is 0 Å². The summed E-state index contributed by atoms with van der Waals surface area (Å²) < 4.78 is 32.5. The molecule has 0 aliphatic rings. The molecule has 1 N–H and O–H groups in total. The van der Waals surface area contributed by atoms with Gasteiger partial charge in [0.05, 0.1) is 22.5 Å². The number of hydrogen-bond acceptors (Lipinski definition) is 5. The highest BCUT2D eigenvalue weighted by Gasteiger charge is 2.30. The Kier molecular flexibility index (Phi) is 6.18. The summed E-state index contributed by atoms with van der Waals surface area (Å²) in [4.78, 5) is 4.91. The average molecular weight is 517 g/mol. The van der Waals surface area contributed by atoms with E-state index in [1.54, 1.807) is 34.3 Å². The first-order valence-electron chi connectivity index (χ1n) is 11.7. The van der Waals surface area contributed by atoms with Crippen LogP contribution in [0.5, 0.6) is 0 Å². The summed E-state index contributed by atoms with van der Waals surface area (Å²) in [5, 5.41) is 5.56. The lowest BCUT2D eigenvalue weighted by molar-refractivity contribution is 0.533. The summed E-state index contributed by atoms with van der Waals surface area (Å²) >= 11 is 1.63. The van der Waals surface area contributed by atoms with Gasteiger partial charge in [-0.15, -0.1) is 11.3 Å². The van der Waals surface area contributed by atoms with Gasteiger partial charge in [0.2, 0.25) is 0 Å². The molecule has 0 amide bonds. The predicted octanol–water partition coefficient (Wildman–Crippen LogP) is 6.61. The number of nitrogens with one attached hydrogen (secondary N) is 1. The Morgan fingerprint density at radius 3 is 2.39 bits per heavy atom. The minimum atomic E-state index is -3.85. The van der Waals surface area contributed by atoms with E-state index < -0.39 is 15.4 Å². The van der Waals surface area contributed by atoms with Gasteiger partial charge in [-0.25, -0.2) is 13.4 Å². The number of thiazole rings is 1. The molecule has 0 fully saturated rings. The van der Waals surface area contributed by atoms with Crippen molar-refractivity contribution in [2.24, 2.45) is 0 Å². The van der Waals surface area contributed by atoms with Crippen molar-refractivity contribution in [1.82, 2.24) is 14.8 Å². The van der Waals surface area contributed by atoms with Crippen LogP contribution in [0, 0.1) is 6.92 Å². The molecule has 6 nitrogen and oxygen atoms in total. The van der Waals surface area contributed by atoms with Gasteiger partial charge < -0.3 is 0 Å². The van der Waals surface area contributed by atoms with Crippen molar-refractivity contribution in [2.75, 3.05) is 4.72 Å². The van der Waals surface area contributed by atoms with E-state index in [0.29, 0.717) is 17.9 Å². The molecule has 0 saturated heterocycles. The second-order valence-corrected chi connectivity index (χ2v) is 12.6. The molecule has 8 heteroatoms. The SMILES string of the molecule is Cc1ccc2nc(-c3ccc(NS(=O)(=O)c4cn(Cc5ccccc5)nc4C(C)(C)C)cc3)sc2c1. The zero-order valence-electron chi connectivity index (χ0n) is 20.7. The standard InChI is InChI=1S/C28H28N4O2S2/c1-19-10-15-23-24(16-19)35-27(29-23)21-11-13-22(14-12-21)31-36(33,34)25-18-32(30-26(25)28(2,3)4)17-20-8-6-5-7-9-20/h5-16,18,31H,17H2,1-4H3.